The monoisotopic (exact) mass is 478 g/mol. The molecular formula is C22H22O12. The van der Waals surface area contributed by atoms with Crippen LogP contribution < -0.4 is 0 Å². The molecule has 12 nitrogen and oxygen atoms in total. The second-order valence-corrected chi connectivity index (χ2v) is 6.58. The lowest BCUT2D eigenvalue weighted by atomic mass is 10.1. The molecule has 0 bridgehead atoms. The quantitative estimate of drug-likeness (QED) is 0.199. The number of rotatable bonds is 11. The summed E-state index contributed by atoms with van der Waals surface area (Å²) in [7, 11) is 0. The Morgan fingerprint density at radius 3 is 1.35 bits per heavy atom. The van der Waals surface area contributed by atoms with Crippen LogP contribution in [0.15, 0.2) is 48.5 Å². The molecule has 0 aliphatic rings. The van der Waals surface area contributed by atoms with Gasteiger partial charge in [-0.05, 0) is 49.9 Å². The maximum atomic E-state index is 11.7. The van der Waals surface area contributed by atoms with E-state index in [1.807, 2.05) is 0 Å². The van der Waals surface area contributed by atoms with Crippen molar-refractivity contribution < 1.29 is 58.3 Å². The molecule has 0 amide bonds. The molecule has 0 saturated heterocycles. The minimum atomic E-state index is -1.23. The van der Waals surface area contributed by atoms with Crippen molar-refractivity contribution in [2.45, 2.75) is 26.7 Å². The van der Waals surface area contributed by atoms with Crippen LogP contribution in [0.3, 0.4) is 0 Å². The van der Waals surface area contributed by atoms with Gasteiger partial charge in [-0.1, -0.05) is 36.4 Å². The molecule has 0 heterocycles. The molecule has 0 unspecified atom stereocenters. The van der Waals surface area contributed by atoms with Gasteiger partial charge in [0.1, 0.15) is 0 Å². The smallest absolute Gasteiger partial charge is 0.432 e. The van der Waals surface area contributed by atoms with Gasteiger partial charge in [-0.3, -0.25) is 9.78 Å². The van der Waals surface area contributed by atoms with E-state index in [-0.39, 0.29) is 37.2 Å². The summed E-state index contributed by atoms with van der Waals surface area (Å²) in [4.78, 5) is 63.2. The highest BCUT2D eigenvalue weighted by molar-refractivity contribution is 5.91. The van der Waals surface area contributed by atoms with Gasteiger partial charge in [-0.25, -0.2) is 29.0 Å². The normalized spacial score (nSPS) is 10.1. The van der Waals surface area contributed by atoms with E-state index in [0.29, 0.717) is 11.1 Å². The Morgan fingerprint density at radius 2 is 0.971 bits per heavy atom. The van der Waals surface area contributed by atoms with Gasteiger partial charge in [-0.2, -0.15) is 0 Å². The molecule has 2 aromatic rings. The predicted octanol–water partition coefficient (Wildman–Crippen LogP) is 4.10. The summed E-state index contributed by atoms with van der Waals surface area (Å²) in [5, 5.41) is 8.21. The van der Waals surface area contributed by atoms with Crippen LogP contribution in [-0.2, 0) is 39.1 Å². The maximum absolute atomic E-state index is 11.7. The zero-order chi connectivity index (χ0) is 24.8. The molecule has 0 aliphatic carbocycles. The summed E-state index contributed by atoms with van der Waals surface area (Å²) in [6.45, 7) is 3.20. The number of hydrogen-bond donors (Lipinski definition) is 0. The van der Waals surface area contributed by atoms with E-state index in [4.69, 9.17) is 0 Å². The summed E-state index contributed by atoms with van der Waals surface area (Å²) in [5.41, 5.74) is 1.79. The van der Waals surface area contributed by atoms with Crippen LogP contribution in [0.5, 0.6) is 0 Å². The van der Waals surface area contributed by atoms with Gasteiger partial charge in [0.2, 0.25) is 0 Å². The van der Waals surface area contributed by atoms with E-state index in [0.717, 1.165) is 0 Å². The number of carbonyl (C=O) groups excluding carboxylic acids is 4. The Morgan fingerprint density at radius 1 is 0.588 bits per heavy atom. The third-order valence-electron chi connectivity index (χ3n) is 4.13. The first-order valence-corrected chi connectivity index (χ1v) is 9.94. The molecule has 0 saturated carbocycles. The van der Waals surface area contributed by atoms with Crippen molar-refractivity contribution in [3.63, 3.8) is 0 Å². The lowest BCUT2D eigenvalue weighted by Crippen LogP contribution is -2.14. The van der Waals surface area contributed by atoms with E-state index >= 15 is 0 Å². The van der Waals surface area contributed by atoms with Gasteiger partial charge in [0.15, 0.2) is 0 Å². The van der Waals surface area contributed by atoms with Crippen LogP contribution in [0, 0.1) is 13.8 Å². The standard InChI is InChI=1S/C22H22O12/c1-15-9-3-5-11-17(15)19(23)29-33-31-21(25)27-13-7-8-14-28-22(26)32-34-30-20(24)18-12-6-4-10-16(18)2/h3-6,9-12H,7-8,13-14H2,1-2H3. The van der Waals surface area contributed by atoms with Crippen molar-refractivity contribution in [3.8, 4) is 0 Å². The first-order chi connectivity index (χ1) is 16.4. The molecule has 2 rings (SSSR count). The molecule has 0 N–H and O–H groups in total. The Hall–Kier alpha value is -4.16. The van der Waals surface area contributed by atoms with Crippen molar-refractivity contribution in [1.82, 2.24) is 0 Å². The molecule has 0 spiro atoms. The average molecular weight is 478 g/mol. The van der Waals surface area contributed by atoms with Crippen LogP contribution in [0.1, 0.15) is 44.7 Å². The number of ether oxygens (including phenoxy) is 2. The van der Waals surface area contributed by atoms with Crippen LogP contribution in [0.25, 0.3) is 0 Å². The number of aryl methyl sites for hydroxylation is 2. The Kier molecular flexibility index (Phi) is 10.8. The molecule has 12 heteroatoms. The first-order valence-electron chi connectivity index (χ1n) is 9.94. The molecule has 182 valence electrons. The molecule has 0 atom stereocenters. The van der Waals surface area contributed by atoms with E-state index in [9.17, 15) is 19.2 Å². The van der Waals surface area contributed by atoms with Crippen molar-refractivity contribution in [2.24, 2.45) is 0 Å². The molecular weight excluding hydrogens is 456 g/mol. The first kappa shape index (κ1) is 26.1. The van der Waals surface area contributed by atoms with E-state index < -0.39 is 24.2 Å². The number of carbonyl (C=O) groups is 4. The Balaban J connectivity index is 1.47. The van der Waals surface area contributed by atoms with Crippen LogP contribution in [0.4, 0.5) is 9.59 Å². The van der Waals surface area contributed by atoms with E-state index in [1.54, 1.807) is 50.2 Å². The van der Waals surface area contributed by atoms with Gasteiger partial charge in [-0.15, -0.1) is 0 Å². The van der Waals surface area contributed by atoms with Crippen LogP contribution in [-0.4, -0.2) is 37.5 Å². The Labute approximate surface area is 193 Å². The SMILES string of the molecule is Cc1ccccc1C(=O)OOOC(=O)OCCCCOC(=O)OOOC(=O)c1ccccc1C. The highest BCUT2D eigenvalue weighted by Gasteiger charge is 2.15. The largest absolute Gasteiger partial charge is 0.543 e. The summed E-state index contributed by atoms with van der Waals surface area (Å²) in [5.74, 6) is -1.69. The fraction of sp³-hybridized carbons (Fsp3) is 0.273. The van der Waals surface area contributed by atoms with Gasteiger partial charge in [0, 0.05) is 0 Å². The maximum Gasteiger partial charge on any atom is 0.543 e. The summed E-state index contributed by atoms with van der Waals surface area (Å²) < 4.78 is 9.34. The summed E-state index contributed by atoms with van der Waals surface area (Å²) >= 11 is 0. The minimum absolute atomic E-state index is 0.100. The van der Waals surface area contributed by atoms with Gasteiger partial charge in [0.05, 0.1) is 34.4 Å². The van der Waals surface area contributed by atoms with Crippen LogP contribution >= 0.6 is 0 Å². The van der Waals surface area contributed by atoms with Crippen molar-refractivity contribution in [3.05, 3.63) is 70.8 Å². The van der Waals surface area contributed by atoms with Gasteiger partial charge in [0.25, 0.3) is 0 Å². The third kappa shape index (κ3) is 9.14. The summed E-state index contributed by atoms with van der Waals surface area (Å²) in [6.07, 6.45) is -1.90. The highest BCUT2D eigenvalue weighted by atomic mass is 17.5. The lowest BCUT2D eigenvalue weighted by molar-refractivity contribution is -0.452. The lowest BCUT2D eigenvalue weighted by Gasteiger charge is -2.06. The number of benzene rings is 2. The fourth-order valence-electron chi connectivity index (χ4n) is 2.41. The van der Waals surface area contributed by atoms with Crippen molar-refractivity contribution >= 4 is 24.2 Å². The van der Waals surface area contributed by atoms with Gasteiger partial charge >= 0.3 is 24.2 Å². The van der Waals surface area contributed by atoms with Crippen LogP contribution in [0.2, 0.25) is 0 Å². The molecule has 0 aromatic heterocycles. The third-order valence-corrected chi connectivity index (χ3v) is 4.13. The Bertz CT molecular complexity index is 908. The topological polar surface area (TPSA) is 142 Å². The second kappa shape index (κ2) is 14.1. The van der Waals surface area contributed by atoms with Crippen molar-refractivity contribution in [2.75, 3.05) is 13.2 Å². The zero-order valence-electron chi connectivity index (χ0n) is 18.3. The molecule has 0 radical (unpaired) electrons. The molecule has 0 aliphatic heterocycles. The average Bonchev–Trinajstić information content (AvgIpc) is 2.81. The summed E-state index contributed by atoms with van der Waals surface area (Å²) in [6, 6.07) is 13.2. The van der Waals surface area contributed by atoms with E-state index in [1.165, 1.54) is 12.1 Å². The molecule has 2 aromatic carbocycles. The number of hydrogen-bond acceptors (Lipinski definition) is 12. The second-order valence-electron chi connectivity index (χ2n) is 6.58. The molecule has 0 fully saturated rings. The van der Waals surface area contributed by atoms with Gasteiger partial charge < -0.3 is 9.47 Å². The fourth-order valence-corrected chi connectivity index (χ4v) is 2.41. The zero-order valence-corrected chi connectivity index (χ0v) is 18.3. The highest BCUT2D eigenvalue weighted by Crippen LogP contribution is 2.10. The molecule has 34 heavy (non-hydrogen) atoms. The predicted molar refractivity (Wildman–Crippen MR) is 109 cm³/mol. The number of unbranched alkanes of at least 4 members (excludes halogenated alkanes) is 1. The van der Waals surface area contributed by atoms with E-state index in [2.05, 4.69) is 39.1 Å². The minimum Gasteiger partial charge on any atom is -0.432 e. The van der Waals surface area contributed by atoms with Crippen molar-refractivity contribution in [1.29, 1.82) is 0 Å².